The Hall–Kier alpha value is -8.46. The molecule has 0 atom stereocenters. The lowest BCUT2D eigenvalue weighted by Crippen LogP contribution is -2.10. The molecule has 0 N–H and O–H groups in total. The first-order valence-corrected chi connectivity index (χ1v) is 22.0. The van der Waals surface area contributed by atoms with Gasteiger partial charge in [-0.2, -0.15) is 0 Å². The average molecular weight is 815 g/mol. The molecule has 2 heteroatoms. The minimum Gasteiger partial charge on any atom is -0.310 e. The van der Waals surface area contributed by atoms with E-state index in [0.29, 0.717) is 0 Å². The van der Waals surface area contributed by atoms with Crippen molar-refractivity contribution in [3.63, 3.8) is 0 Å². The molecule has 12 aromatic rings. The second-order valence-corrected chi connectivity index (χ2v) is 16.5. The van der Waals surface area contributed by atoms with Crippen molar-refractivity contribution in [2.75, 3.05) is 4.90 Å². The third-order valence-electron chi connectivity index (χ3n) is 12.7. The van der Waals surface area contributed by atoms with Crippen molar-refractivity contribution >= 4 is 60.4 Å². The van der Waals surface area contributed by atoms with E-state index in [1.165, 1.54) is 82.3 Å². The second kappa shape index (κ2) is 15.8. The molecule has 0 spiro atoms. The van der Waals surface area contributed by atoms with E-state index in [2.05, 4.69) is 264 Å². The summed E-state index contributed by atoms with van der Waals surface area (Å²) in [5.74, 6) is 0. The Kier molecular flexibility index (Phi) is 9.20. The fraction of sp³-hybridized carbons (Fsp3) is 0. The lowest BCUT2D eigenvalue weighted by atomic mass is 9.94. The minimum atomic E-state index is 1.09. The standard InChI is InChI=1S/C62H42N2/c1-3-16-45(17-4-1)56-25-11-12-26-57(56)46-33-37-54(38-34-46)63(53-35-31-44(32-36-53)50-30-29-43-15-7-8-18-47(43)39-50)55-24-13-21-51(40-55)58-27-14-28-60-62(58)59-41-48-19-9-10-20-49(48)42-61(59)64(60)52-22-5-2-6-23-52/h1-42H. The highest BCUT2D eigenvalue weighted by Gasteiger charge is 2.20. The van der Waals surface area contributed by atoms with Crippen LogP contribution >= 0.6 is 0 Å². The number of hydrogen-bond donors (Lipinski definition) is 0. The smallest absolute Gasteiger partial charge is 0.0547 e. The average Bonchev–Trinajstić information content (AvgIpc) is 3.70. The number of para-hydroxylation sites is 1. The molecule has 64 heavy (non-hydrogen) atoms. The summed E-state index contributed by atoms with van der Waals surface area (Å²) >= 11 is 0. The van der Waals surface area contributed by atoms with E-state index in [1.807, 2.05) is 0 Å². The van der Waals surface area contributed by atoms with Crippen molar-refractivity contribution in [3.05, 3.63) is 255 Å². The Morgan fingerprint density at radius 3 is 1.48 bits per heavy atom. The van der Waals surface area contributed by atoms with E-state index in [-0.39, 0.29) is 0 Å². The van der Waals surface area contributed by atoms with E-state index in [9.17, 15) is 0 Å². The normalized spacial score (nSPS) is 11.4. The molecule has 300 valence electrons. The number of aromatic nitrogens is 1. The highest BCUT2D eigenvalue weighted by Crippen LogP contribution is 2.43. The van der Waals surface area contributed by atoms with Gasteiger partial charge >= 0.3 is 0 Å². The van der Waals surface area contributed by atoms with Crippen LogP contribution < -0.4 is 4.90 Å². The number of nitrogens with zero attached hydrogens (tertiary/aromatic N) is 2. The molecule has 0 radical (unpaired) electrons. The minimum absolute atomic E-state index is 1.09. The van der Waals surface area contributed by atoms with E-state index in [1.54, 1.807) is 0 Å². The van der Waals surface area contributed by atoms with Gasteiger partial charge < -0.3 is 9.47 Å². The van der Waals surface area contributed by atoms with E-state index in [0.717, 1.165) is 28.3 Å². The van der Waals surface area contributed by atoms with Gasteiger partial charge in [0.15, 0.2) is 0 Å². The summed E-state index contributed by atoms with van der Waals surface area (Å²) in [7, 11) is 0. The molecule has 0 aliphatic rings. The lowest BCUT2D eigenvalue weighted by molar-refractivity contribution is 1.18. The Balaban J connectivity index is 1.01. The maximum absolute atomic E-state index is 2.42. The maximum atomic E-state index is 2.42. The molecule has 0 saturated heterocycles. The first-order valence-electron chi connectivity index (χ1n) is 22.0. The molecule has 11 aromatic carbocycles. The first kappa shape index (κ1) is 37.3. The van der Waals surface area contributed by atoms with Gasteiger partial charge in [0, 0.05) is 33.5 Å². The largest absolute Gasteiger partial charge is 0.310 e. The zero-order valence-electron chi connectivity index (χ0n) is 35.1. The zero-order chi connectivity index (χ0) is 42.4. The summed E-state index contributed by atoms with van der Waals surface area (Å²) in [5, 5.41) is 7.45. The number of anilines is 3. The van der Waals surface area contributed by atoms with Gasteiger partial charge in [-0.15, -0.1) is 0 Å². The molecular formula is C62H42N2. The predicted molar refractivity (Wildman–Crippen MR) is 272 cm³/mol. The molecule has 0 aliphatic carbocycles. The van der Waals surface area contributed by atoms with Crippen molar-refractivity contribution < 1.29 is 0 Å². The SMILES string of the molecule is c1ccc(-c2ccccc2-c2ccc(N(c3ccc(-c4ccc5ccccc5c4)cc3)c3cccc(-c4cccc5c4c4cc6ccccc6cc4n5-c4ccccc4)c3)cc2)cc1. The number of rotatable bonds is 8. The fourth-order valence-corrected chi connectivity index (χ4v) is 9.67. The molecule has 0 bridgehead atoms. The zero-order valence-corrected chi connectivity index (χ0v) is 35.1. The number of hydrogen-bond acceptors (Lipinski definition) is 1. The van der Waals surface area contributed by atoms with Gasteiger partial charge in [0.25, 0.3) is 0 Å². The van der Waals surface area contributed by atoms with Crippen LogP contribution in [0.1, 0.15) is 0 Å². The van der Waals surface area contributed by atoms with Gasteiger partial charge in [-0.05, 0) is 139 Å². The summed E-state index contributed by atoms with van der Waals surface area (Å²) in [6.45, 7) is 0. The fourth-order valence-electron chi connectivity index (χ4n) is 9.67. The summed E-state index contributed by atoms with van der Waals surface area (Å²) in [6, 6.07) is 92.7. The first-order chi connectivity index (χ1) is 31.7. The van der Waals surface area contributed by atoms with Crippen LogP contribution in [-0.2, 0) is 0 Å². The van der Waals surface area contributed by atoms with Crippen molar-refractivity contribution in [1.29, 1.82) is 0 Å². The molecule has 12 rings (SSSR count). The van der Waals surface area contributed by atoms with Gasteiger partial charge in [-0.1, -0.05) is 182 Å². The molecule has 1 aromatic heterocycles. The molecule has 0 fully saturated rings. The Bertz CT molecular complexity index is 3640. The quantitative estimate of drug-likeness (QED) is 0.148. The molecule has 2 nitrogen and oxygen atoms in total. The van der Waals surface area contributed by atoms with Crippen LogP contribution in [0.3, 0.4) is 0 Å². The van der Waals surface area contributed by atoms with Crippen molar-refractivity contribution in [1.82, 2.24) is 4.57 Å². The highest BCUT2D eigenvalue weighted by molar-refractivity contribution is 6.18. The third kappa shape index (κ3) is 6.61. The Morgan fingerprint density at radius 1 is 0.266 bits per heavy atom. The van der Waals surface area contributed by atoms with Crippen molar-refractivity contribution in [3.8, 4) is 50.2 Å². The highest BCUT2D eigenvalue weighted by atomic mass is 15.1. The topological polar surface area (TPSA) is 8.17 Å². The van der Waals surface area contributed by atoms with Crippen LogP contribution in [0.4, 0.5) is 17.1 Å². The van der Waals surface area contributed by atoms with Crippen LogP contribution in [0.15, 0.2) is 255 Å². The van der Waals surface area contributed by atoms with Gasteiger partial charge in [-0.3, -0.25) is 0 Å². The summed E-state index contributed by atoms with van der Waals surface area (Å²) in [4.78, 5) is 2.39. The van der Waals surface area contributed by atoms with Crippen LogP contribution in [-0.4, -0.2) is 4.57 Å². The monoisotopic (exact) mass is 814 g/mol. The van der Waals surface area contributed by atoms with Crippen LogP contribution in [0.25, 0.3) is 93.5 Å². The molecule has 1 heterocycles. The van der Waals surface area contributed by atoms with Gasteiger partial charge in [0.1, 0.15) is 0 Å². The molecule has 0 saturated carbocycles. The van der Waals surface area contributed by atoms with Crippen molar-refractivity contribution in [2.45, 2.75) is 0 Å². The van der Waals surface area contributed by atoms with Gasteiger partial charge in [-0.25, -0.2) is 0 Å². The van der Waals surface area contributed by atoms with Crippen LogP contribution in [0.2, 0.25) is 0 Å². The molecule has 0 unspecified atom stereocenters. The molecule has 0 aliphatic heterocycles. The van der Waals surface area contributed by atoms with E-state index < -0.39 is 0 Å². The van der Waals surface area contributed by atoms with Gasteiger partial charge in [0.05, 0.1) is 11.0 Å². The predicted octanol–water partition coefficient (Wildman–Crippen LogP) is 17.2. The van der Waals surface area contributed by atoms with E-state index in [4.69, 9.17) is 0 Å². The molecule has 0 amide bonds. The third-order valence-corrected chi connectivity index (χ3v) is 12.7. The Labute approximate surface area is 373 Å². The number of fused-ring (bicyclic) bond motifs is 5. The van der Waals surface area contributed by atoms with Crippen LogP contribution in [0.5, 0.6) is 0 Å². The summed E-state index contributed by atoms with van der Waals surface area (Å²) < 4.78 is 2.42. The summed E-state index contributed by atoms with van der Waals surface area (Å²) in [6.07, 6.45) is 0. The van der Waals surface area contributed by atoms with Crippen LogP contribution in [0, 0.1) is 0 Å². The maximum Gasteiger partial charge on any atom is 0.0547 e. The molecular weight excluding hydrogens is 773 g/mol. The Morgan fingerprint density at radius 2 is 0.781 bits per heavy atom. The second-order valence-electron chi connectivity index (χ2n) is 16.5. The number of benzene rings is 11. The lowest BCUT2D eigenvalue weighted by Gasteiger charge is -2.26. The van der Waals surface area contributed by atoms with Crippen molar-refractivity contribution in [2.24, 2.45) is 0 Å². The summed E-state index contributed by atoms with van der Waals surface area (Å²) in [5.41, 5.74) is 16.4. The van der Waals surface area contributed by atoms with E-state index >= 15 is 0 Å². The van der Waals surface area contributed by atoms with Gasteiger partial charge in [0.2, 0.25) is 0 Å².